The molecule has 2 aliphatic heterocycles. The number of fused-ring (bicyclic) bond motifs is 1. The molecule has 1 aliphatic carbocycles. The summed E-state index contributed by atoms with van der Waals surface area (Å²) in [5.41, 5.74) is 2.70. The fourth-order valence-corrected chi connectivity index (χ4v) is 5.82. The van der Waals surface area contributed by atoms with Crippen LogP contribution in [-0.4, -0.2) is 24.3 Å². The van der Waals surface area contributed by atoms with Gasteiger partial charge < -0.3 is 10.2 Å². The van der Waals surface area contributed by atoms with E-state index in [0.717, 1.165) is 48.4 Å². The largest absolute Gasteiger partial charge is 0.381 e. The summed E-state index contributed by atoms with van der Waals surface area (Å²) in [4.78, 5) is 4.53. The van der Waals surface area contributed by atoms with Crippen LogP contribution in [0.15, 0.2) is 51.8 Å². The Labute approximate surface area is 197 Å². The zero-order valence-electron chi connectivity index (χ0n) is 17.5. The number of nitrogens with zero attached hydrogens (tertiary/aromatic N) is 2. The third-order valence-corrected chi connectivity index (χ3v) is 7.87. The van der Waals surface area contributed by atoms with E-state index in [2.05, 4.69) is 10.3 Å². The molecule has 6 rings (SSSR count). The first kappa shape index (κ1) is 22.7. The van der Waals surface area contributed by atoms with Crippen LogP contribution in [0.4, 0.5) is 29.1 Å². The predicted molar refractivity (Wildman–Crippen MR) is 120 cm³/mol. The van der Waals surface area contributed by atoms with Crippen molar-refractivity contribution in [2.75, 3.05) is 10.0 Å². The minimum absolute atomic E-state index is 0.0326. The summed E-state index contributed by atoms with van der Waals surface area (Å²) >= 11 is 1.11. The Morgan fingerprint density at radius 3 is 2.29 bits per heavy atom. The topological polar surface area (TPSA) is 74.3 Å². The van der Waals surface area contributed by atoms with Crippen molar-refractivity contribution in [3.63, 3.8) is 0 Å². The van der Waals surface area contributed by atoms with Crippen molar-refractivity contribution in [2.45, 2.75) is 36.9 Å². The van der Waals surface area contributed by atoms with Gasteiger partial charge in [-0.05, 0) is 43.3 Å². The molecule has 178 valence electrons. The third-order valence-electron chi connectivity index (χ3n) is 5.88. The van der Waals surface area contributed by atoms with Crippen molar-refractivity contribution in [3.8, 4) is 0 Å². The Bertz CT molecular complexity index is 1360. The van der Waals surface area contributed by atoms with E-state index in [1.807, 2.05) is 15.8 Å². The van der Waals surface area contributed by atoms with Crippen LogP contribution in [0.5, 0.6) is 0 Å². The molecule has 0 spiro atoms. The number of rotatable bonds is 8. The first-order valence-corrected chi connectivity index (χ1v) is 12.7. The van der Waals surface area contributed by atoms with Gasteiger partial charge in [0, 0.05) is 41.3 Å². The SMILES string of the molecule is O=S(=O)(Nc1cscn1)c1c(F)cc(NCc2c(F)ccc(F)c2CN2C=C3CC2C3)cc1F. The lowest BCUT2D eigenvalue weighted by atomic mass is 9.91. The van der Waals surface area contributed by atoms with E-state index in [4.69, 9.17) is 0 Å². The highest BCUT2D eigenvalue weighted by Gasteiger charge is 2.35. The molecule has 1 aromatic heterocycles. The number of aromatic nitrogens is 1. The lowest BCUT2D eigenvalue weighted by Gasteiger charge is -2.29. The molecule has 34 heavy (non-hydrogen) atoms. The molecule has 0 atom stereocenters. The number of benzene rings is 2. The summed E-state index contributed by atoms with van der Waals surface area (Å²) in [6, 6.07) is 3.91. The zero-order chi connectivity index (χ0) is 24.0. The van der Waals surface area contributed by atoms with Gasteiger partial charge in [0.05, 0.1) is 5.51 Å². The van der Waals surface area contributed by atoms with Gasteiger partial charge in [-0.3, -0.25) is 4.72 Å². The summed E-state index contributed by atoms with van der Waals surface area (Å²) in [6.07, 6.45) is 3.81. The Morgan fingerprint density at radius 1 is 1.03 bits per heavy atom. The Morgan fingerprint density at radius 2 is 1.71 bits per heavy atom. The molecule has 0 amide bonds. The Balaban J connectivity index is 1.37. The number of nitrogens with one attached hydrogen (secondary N) is 2. The molecule has 2 bridgehead atoms. The molecule has 1 fully saturated rings. The van der Waals surface area contributed by atoms with E-state index in [9.17, 15) is 26.0 Å². The van der Waals surface area contributed by atoms with Gasteiger partial charge in [0.15, 0.2) is 10.7 Å². The molecule has 0 radical (unpaired) electrons. The summed E-state index contributed by atoms with van der Waals surface area (Å²) in [6.45, 7) is -0.0764. The number of anilines is 2. The van der Waals surface area contributed by atoms with E-state index < -0.39 is 38.2 Å². The first-order valence-electron chi connectivity index (χ1n) is 10.3. The lowest BCUT2D eigenvalue weighted by Crippen LogP contribution is -2.29. The highest BCUT2D eigenvalue weighted by Crippen LogP contribution is 2.40. The van der Waals surface area contributed by atoms with E-state index in [1.165, 1.54) is 16.5 Å². The summed E-state index contributed by atoms with van der Waals surface area (Å²) < 4.78 is 85.3. The monoisotopic (exact) mass is 510 g/mol. The molecular weight excluding hydrogens is 492 g/mol. The van der Waals surface area contributed by atoms with Gasteiger partial charge in [-0.25, -0.2) is 31.0 Å². The molecule has 3 aromatic rings. The second-order valence-corrected chi connectivity index (χ2v) is 10.4. The molecule has 0 unspecified atom stereocenters. The average molecular weight is 511 g/mol. The molecule has 1 saturated carbocycles. The summed E-state index contributed by atoms with van der Waals surface area (Å²) in [5.74, 6) is -3.98. The second-order valence-electron chi connectivity index (χ2n) is 8.11. The van der Waals surface area contributed by atoms with Gasteiger partial charge >= 0.3 is 0 Å². The summed E-state index contributed by atoms with van der Waals surface area (Å²) in [7, 11) is -4.57. The second kappa shape index (κ2) is 8.58. The first-order chi connectivity index (χ1) is 16.2. The molecular formula is C22H18F4N4O2S2. The van der Waals surface area contributed by atoms with Gasteiger partial charge in [-0.1, -0.05) is 5.57 Å². The summed E-state index contributed by atoms with van der Waals surface area (Å²) in [5, 5.41) is 4.05. The molecule has 12 heteroatoms. The normalized spacial score (nSPS) is 15.3. The van der Waals surface area contributed by atoms with Crippen LogP contribution in [0.3, 0.4) is 0 Å². The maximum absolute atomic E-state index is 14.6. The number of sulfonamides is 1. The minimum Gasteiger partial charge on any atom is -0.381 e. The Kier molecular flexibility index (Phi) is 5.72. The van der Waals surface area contributed by atoms with Crippen molar-refractivity contribution >= 4 is 32.9 Å². The zero-order valence-corrected chi connectivity index (χ0v) is 19.1. The van der Waals surface area contributed by atoms with E-state index in [1.54, 1.807) is 0 Å². The molecule has 2 aromatic carbocycles. The van der Waals surface area contributed by atoms with Crippen LogP contribution < -0.4 is 10.0 Å². The van der Waals surface area contributed by atoms with Crippen LogP contribution in [0.2, 0.25) is 0 Å². The molecule has 6 nitrogen and oxygen atoms in total. The maximum atomic E-state index is 14.6. The van der Waals surface area contributed by atoms with Gasteiger partial charge in [0.1, 0.15) is 23.3 Å². The van der Waals surface area contributed by atoms with Crippen LogP contribution in [0.1, 0.15) is 24.0 Å². The van der Waals surface area contributed by atoms with Crippen molar-refractivity contribution in [1.29, 1.82) is 0 Å². The van der Waals surface area contributed by atoms with E-state index >= 15 is 0 Å². The van der Waals surface area contributed by atoms with Crippen molar-refractivity contribution in [1.82, 2.24) is 9.88 Å². The molecule has 0 saturated heterocycles. The van der Waals surface area contributed by atoms with E-state index in [0.29, 0.717) is 0 Å². The lowest BCUT2D eigenvalue weighted by molar-refractivity contribution is 0.270. The molecule has 3 heterocycles. The van der Waals surface area contributed by atoms with Crippen LogP contribution in [0.25, 0.3) is 0 Å². The fourth-order valence-electron chi connectivity index (χ4n) is 4.14. The van der Waals surface area contributed by atoms with Gasteiger partial charge in [-0.2, -0.15) is 0 Å². The number of hydrogen-bond acceptors (Lipinski definition) is 6. The average Bonchev–Trinajstić information content (AvgIpc) is 3.46. The maximum Gasteiger partial charge on any atom is 0.268 e. The highest BCUT2D eigenvalue weighted by molar-refractivity contribution is 7.92. The predicted octanol–water partition coefficient (Wildman–Crippen LogP) is 4.97. The Hall–Kier alpha value is -3.12. The van der Waals surface area contributed by atoms with Crippen LogP contribution in [-0.2, 0) is 23.1 Å². The third kappa shape index (κ3) is 4.23. The van der Waals surface area contributed by atoms with Crippen molar-refractivity contribution < 1.29 is 26.0 Å². The smallest absolute Gasteiger partial charge is 0.268 e. The number of hydrogen-bond donors (Lipinski definition) is 2. The van der Waals surface area contributed by atoms with Gasteiger partial charge in [0.2, 0.25) is 0 Å². The quantitative estimate of drug-likeness (QED) is 0.419. The highest BCUT2D eigenvalue weighted by atomic mass is 32.2. The van der Waals surface area contributed by atoms with E-state index in [-0.39, 0.29) is 41.8 Å². The minimum atomic E-state index is -4.57. The van der Waals surface area contributed by atoms with Crippen molar-refractivity contribution in [3.05, 3.63) is 81.3 Å². The van der Waals surface area contributed by atoms with Crippen LogP contribution >= 0.6 is 11.3 Å². The van der Waals surface area contributed by atoms with Gasteiger partial charge in [0.25, 0.3) is 10.0 Å². The van der Waals surface area contributed by atoms with Crippen LogP contribution in [0, 0.1) is 23.3 Å². The van der Waals surface area contributed by atoms with Gasteiger partial charge in [-0.15, -0.1) is 11.3 Å². The number of thiazole rings is 1. The number of halogens is 4. The molecule has 2 N–H and O–H groups in total. The standard InChI is InChI=1S/C22H18F4N4O2S2/c23-17-1-2-18(24)16(9-30-8-12-3-14(30)4-12)15(17)7-27-13-5-19(25)22(20(26)6-13)34(31,32)29-21-10-33-11-28-21/h1-2,5-6,8,10-11,14,27,29H,3-4,7,9H2. The molecule has 3 aliphatic rings. The fraction of sp³-hybridized carbons (Fsp3) is 0.227. The van der Waals surface area contributed by atoms with Crippen molar-refractivity contribution in [2.24, 2.45) is 0 Å².